The molecule has 1 aromatic carbocycles. The molecule has 0 spiro atoms. The van der Waals surface area contributed by atoms with Gasteiger partial charge in [0, 0.05) is 18.8 Å². The molecule has 1 aliphatic rings. The lowest BCUT2D eigenvalue weighted by molar-refractivity contribution is -0.138. The molecule has 1 saturated heterocycles. The minimum Gasteiger partial charge on any atom is -0.329 e. The van der Waals surface area contributed by atoms with Crippen molar-refractivity contribution in [2.24, 2.45) is 0 Å². The summed E-state index contributed by atoms with van der Waals surface area (Å²) in [4.78, 5) is 28.5. The van der Waals surface area contributed by atoms with Crippen LogP contribution in [0.2, 0.25) is 0 Å². The van der Waals surface area contributed by atoms with E-state index in [0.717, 1.165) is 5.69 Å². The highest BCUT2D eigenvalue weighted by Crippen LogP contribution is 2.24. The number of carbonyl (C=O) groups is 2. The zero-order valence-corrected chi connectivity index (χ0v) is 12.9. The van der Waals surface area contributed by atoms with Crippen LogP contribution in [0.15, 0.2) is 36.7 Å². The monoisotopic (exact) mass is 314 g/mol. The van der Waals surface area contributed by atoms with Gasteiger partial charge in [-0.1, -0.05) is 18.2 Å². The van der Waals surface area contributed by atoms with Crippen LogP contribution >= 0.6 is 0 Å². The average molecular weight is 314 g/mol. The molecule has 2 aromatic rings. The maximum atomic E-state index is 12.7. The molecule has 0 saturated carbocycles. The summed E-state index contributed by atoms with van der Waals surface area (Å²) in [6, 6.07) is 9.09. The summed E-state index contributed by atoms with van der Waals surface area (Å²) < 4.78 is 1.36. The summed E-state index contributed by atoms with van der Waals surface area (Å²) in [5, 5.41) is 10.7. The molecule has 0 aliphatic carbocycles. The van der Waals surface area contributed by atoms with E-state index in [9.17, 15) is 9.59 Å². The SMILES string of the molecule is CCN(C(=O)Cn1cnnn1)C1CCN(c2ccccc2)C1=O. The molecule has 1 aliphatic heterocycles. The predicted molar refractivity (Wildman–Crippen MR) is 82.4 cm³/mol. The fourth-order valence-electron chi connectivity index (χ4n) is 2.87. The van der Waals surface area contributed by atoms with Crippen molar-refractivity contribution in [2.75, 3.05) is 18.0 Å². The van der Waals surface area contributed by atoms with E-state index in [1.807, 2.05) is 37.3 Å². The van der Waals surface area contributed by atoms with Crippen LogP contribution in [-0.2, 0) is 16.1 Å². The Morgan fingerprint density at radius 1 is 1.35 bits per heavy atom. The molecule has 2 heterocycles. The van der Waals surface area contributed by atoms with E-state index in [1.165, 1.54) is 11.0 Å². The summed E-state index contributed by atoms with van der Waals surface area (Å²) in [5.41, 5.74) is 0.865. The predicted octanol–water partition coefficient (Wildman–Crippen LogP) is 0.327. The molecule has 1 atom stereocenters. The van der Waals surface area contributed by atoms with Crippen molar-refractivity contribution in [1.82, 2.24) is 25.1 Å². The molecule has 1 unspecified atom stereocenters. The third-order valence-electron chi connectivity index (χ3n) is 3.97. The Morgan fingerprint density at radius 2 is 2.13 bits per heavy atom. The van der Waals surface area contributed by atoms with E-state index in [1.54, 1.807) is 9.80 Å². The maximum Gasteiger partial charge on any atom is 0.249 e. The second-order valence-corrected chi connectivity index (χ2v) is 5.32. The number of likely N-dealkylation sites (N-methyl/N-ethyl adjacent to an activating group) is 1. The van der Waals surface area contributed by atoms with Gasteiger partial charge >= 0.3 is 0 Å². The molecule has 0 radical (unpaired) electrons. The van der Waals surface area contributed by atoms with E-state index >= 15 is 0 Å². The Labute approximate surface area is 133 Å². The van der Waals surface area contributed by atoms with Crippen molar-refractivity contribution in [3.8, 4) is 0 Å². The highest BCUT2D eigenvalue weighted by molar-refractivity contribution is 6.01. The Kier molecular flexibility index (Phi) is 4.31. The highest BCUT2D eigenvalue weighted by atomic mass is 16.2. The van der Waals surface area contributed by atoms with Crippen LogP contribution < -0.4 is 4.90 Å². The van der Waals surface area contributed by atoms with E-state index in [2.05, 4.69) is 15.5 Å². The summed E-state index contributed by atoms with van der Waals surface area (Å²) in [7, 11) is 0. The van der Waals surface area contributed by atoms with Crippen LogP contribution in [0.5, 0.6) is 0 Å². The number of hydrogen-bond donors (Lipinski definition) is 0. The lowest BCUT2D eigenvalue weighted by Gasteiger charge is -2.26. The number of tetrazole rings is 1. The van der Waals surface area contributed by atoms with Gasteiger partial charge in [-0.25, -0.2) is 4.68 Å². The summed E-state index contributed by atoms with van der Waals surface area (Å²) in [6.45, 7) is 2.99. The summed E-state index contributed by atoms with van der Waals surface area (Å²) in [5.74, 6) is -0.198. The van der Waals surface area contributed by atoms with Crippen molar-refractivity contribution in [3.05, 3.63) is 36.7 Å². The molecule has 8 nitrogen and oxygen atoms in total. The van der Waals surface area contributed by atoms with Crippen LogP contribution in [0.1, 0.15) is 13.3 Å². The molecular formula is C15H18N6O2. The fourth-order valence-corrected chi connectivity index (χ4v) is 2.87. The number of amides is 2. The Bertz CT molecular complexity index is 673. The lowest BCUT2D eigenvalue weighted by Crippen LogP contribution is -2.46. The first kappa shape index (κ1) is 15.1. The van der Waals surface area contributed by atoms with Gasteiger partial charge in [-0.3, -0.25) is 9.59 Å². The second kappa shape index (κ2) is 6.55. The van der Waals surface area contributed by atoms with Gasteiger partial charge in [-0.15, -0.1) is 5.10 Å². The largest absolute Gasteiger partial charge is 0.329 e. The molecular weight excluding hydrogens is 296 g/mol. The fraction of sp³-hybridized carbons (Fsp3) is 0.400. The number of aromatic nitrogens is 4. The smallest absolute Gasteiger partial charge is 0.249 e. The molecule has 23 heavy (non-hydrogen) atoms. The number of anilines is 1. The topological polar surface area (TPSA) is 84.2 Å². The third-order valence-corrected chi connectivity index (χ3v) is 3.97. The zero-order chi connectivity index (χ0) is 16.2. The van der Waals surface area contributed by atoms with Crippen molar-refractivity contribution < 1.29 is 9.59 Å². The van der Waals surface area contributed by atoms with Gasteiger partial charge in [0.15, 0.2) is 0 Å². The number of para-hydroxylation sites is 1. The normalized spacial score (nSPS) is 17.5. The van der Waals surface area contributed by atoms with Crippen LogP contribution in [0.4, 0.5) is 5.69 Å². The minimum atomic E-state index is -0.427. The van der Waals surface area contributed by atoms with E-state index in [4.69, 9.17) is 0 Å². The van der Waals surface area contributed by atoms with Gasteiger partial charge in [0.05, 0.1) is 0 Å². The first-order valence-electron chi connectivity index (χ1n) is 7.57. The number of hydrogen-bond acceptors (Lipinski definition) is 5. The number of rotatable bonds is 5. The van der Waals surface area contributed by atoms with Crippen molar-refractivity contribution in [1.29, 1.82) is 0 Å². The van der Waals surface area contributed by atoms with Gasteiger partial charge < -0.3 is 9.80 Å². The molecule has 0 bridgehead atoms. The summed E-state index contributed by atoms with van der Waals surface area (Å²) >= 11 is 0. The van der Waals surface area contributed by atoms with Gasteiger partial charge in [0.2, 0.25) is 11.8 Å². The molecule has 2 amide bonds. The highest BCUT2D eigenvalue weighted by Gasteiger charge is 2.38. The standard InChI is InChI=1S/C15H18N6O2/c1-2-20(14(22)10-19-11-16-17-18-19)13-8-9-21(15(13)23)12-6-4-3-5-7-12/h3-7,11,13H,2,8-10H2,1H3. The zero-order valence-electron chi connectivity index (χ0n) is 12.9. The molecule has 3 rings (SSSR count). The van der Waals surface area contributed by atoms with Gasteiger partial charge in [-0.05, 0) is 35.9 Å². The van der Waals surface area contributed by atoms with Gasteiger partial charge in [0.1, 0.15) is 18.9 Å². The van der Waals surface area contributed by atoms with E-state index < -0.39 is 6.04 Å². The van der Waals surface area contributed by atoms with Crippen molar-refractivity contribution >= 4 is 17.5 Å². The average Bonchev–Trinajstić information content (AvgIpc) is 3.20. The van der Waals surface area contributed by atoms with Crippen LogP contribution in [0, 0.1) is 0 Å². The lowest BCUT2D eigenvalue weighted by atomic mass is 10.2. The van der Waals surface area contributed by atoms with Crippen LogP contribution in [-0.4, -0.2) is 56.1 Å². The Hall–Kier alpha value is -2.77. The summed E-state index contributed by atoms with van der Waals surface area (Å²) in [6.07, 6.45) is 2.02. The van der Waals surface area contributed by atoms with Crippen molar-refractivity contribution in [3.63, 3.8) is 0 Å². The first-order valence-corrected chi connectivity index (χ1v) is 7.57. The van der Waals surface area contributed by atoms with E-state index in [-0.39, 0.29) is 18.4 Å². The van der Waals surface area contributed by atoms with Gasteiger partial charge in [0.25, 0.3) is 0 Å². The molecule has 120 valence electrons. The molecule has 1 fully saturated rings. The molecule has 1 aromatic heterocycles. The van der Waals surface area contributed by atoms with Crippen molar-refractivity contribution in [2.45, 2.75) is 25.9 Å². The quantitative estimate of drug-likeness (QED) is 0.794. The Balaban J connectivity index is 1.72. The van der Waals surface area contributed by atoms with Gasteiger partial charge in [-0.2, -0.15) is 0 Å². The third kappa shape index (κ3) is 3.05. The van der Waals surface area contributed by atoms with Crippen LogP contribution in [0.25, 0.3) is 0 Å². The maximum absolute atomic E-state index is 12.7. The second-order valence-electron chi connectivity index (χ2n) is 5.32. The number of benzene rings is 1. The minimum absolute atomic E-state index is 0.0377. The Morgan fingerprint density at radius 3 is 2.78 bits per heavy atom. The molecule has 8 heteroatoms. The molecule has 0 N–H and O–H groups in total. The van der Waals surface area contributed by atoms with Crippen LogP contribution in [0.3, 0.4) is 0 Å². The number of carbonyl (C=O) groups excluding carboxylic acids is 2. The number of nitrogens with zero attached hydrogens (tertiary/aromatic N) is 6. The van der Waals surface area contributed by atoms with E-state index in [0.29, 0.717) is 19.5 Å². The first-order chi connectivity index (χ1) is 11.2.